The Kier molecular flexibility index (Phi) is 5.52. The highest BCUT2D eigenvalue weighted by molar-refractivity contribution is 5.79. The molecule has 0 radical (unpaired) electrons. The second kappa shape index (κ2) is 7.58. The lowest BCUT2D eigenvalue weighted by atomic mass is 9.83. The summed E-state index contributed by atoms with van der Waals surface area (Å²) in [6.45, 7) is 2.15. The van der Waals surface area contributed by atoms with Gasteiger partial charge in [-0.25, -0.2) is 9.18 Å². The molecular weight excluding hydrogens is 378 g/mol. The number of carboxylic acid groups (broad SMARTS) is 1. The van der Waals surface area contributed by atoms with Gasteiger partial charge >= 0.3 is 12.1 Å². The molecular formula is C20H21F4NO3. The molecule has 4 nitrogen and oxygen atoms in total. The van der Waals surface area contributed by atoms with Crippen molar-refractivity contribution in [2.45, 2.75) is 25.2 Å². The molecule has 0 unspecified atom stereocenters. The average Bonchev–Trinajstić information content (AvgIpc) is 2.56. The Morgan fingerprint density at radius 3 is 2.75 bits per heavy atom. The van der Waals surface area contributed by atoms with Crippen molar-refractivity contribution in [1.82, 2.24) is 4.90 Å². The lowest BCUT2D eigenvalue weighted by molar-refractivity contribution is -0.163. The van der Waals surface area contributed by atoms with Crippen molar-refractivity contribution < 1.29 is 32.2 Å². The second-order valence-electron chi connectivity index (χ2n) is 7.36. The Balaban J connectivity index is 1.61. The molecule has 1 saturated heterocycles. The van der Waals surface area contributed by atoms with Crippen LogP contribution in [0.15, 0.2) is 35.9 Å². The van der Waals surface area contributed by atoms with Crippen LogP contribution in [0.2, 0.25) is 0 Å². The summed E-state index contributed by atoms with van der Waals surface area (Å²) in [5, 5.41) is 8.85. The molecule has 1 N–H and O–H groups in total. The van der Waals surface area contributed by atoms with Crippen molar-refractivity contribution in [3.8, 4) is 5.75 Å². The van der Waals surface area contributed by atoms with Crippen molar-refractivity contribution in [2.75, 3.05) is 26.2 Å². The zero-order valence-electron chi connectivity index (χ0n) is 15.3. The van der Waals surface area contributed by atoms with Gasteiger partial charge in [0.2, 0.25) is 5.67 Å². The van der Waals surface area contributed by atoms with Gasteiger partial charge in [-0.3, -0.25) is 4.90 Å². The number of likely N-dealkylation sites (tertiary alicyclic amines) is 1. The number of alkyl halides is 4. The van der Waals surface area contributed by atoms with Crippen LogP contribution in [0.1, 0.15) is 18.1 Å². The zero-order valence-corrected chi connectivity index (χ0v) is 15.3. The standard InChI is InChI=1S/C20H21F4NO3/c1-13-7-15-9-17(28-6-2-5-20(22,23)24)4-3-14(15)8-16(13)10-25-11-19(21,12-25)18(26)27/h2-5,8-9,13H,6-7,10-12H2,1H3,(H,26,27)/b5-2+/t13-/m0/s1. The Hall–Kier alpha value is -2.35. The molecule has 3 rings (SSSR count). The molecule has 1 aliphatic carbocycles. The van der Waals surface area contributed by atoms with E-state index in [4.69, 9.17) is 9.84 Å². The third-order valence-electron chi connectivity index (χ3n) is 5.01. The summed E-state index contributed by atoms with van der Waals surface area (Å²) in [6, 6.07) is 5.36. The maximum atomic E-state index is 13.9. The molecule has 2 aliphatic rings. The minimum absolute atomic E-state index is 0.114. The van der Waals surface area contributed by atoms with E-state index in [0.29, 0.717) is 12.3 Å². The van der Waals surface area contributed by atoms with E-state index in [1.54, 1.807) is 11.0 Å². The number of hydrogen-bond acceptors (Lipinski definition) is 3. The number of halogens is 4. The highest BCUT2D eigenvalue weighted by Crippen LogP contribution is 2.34. The van der Waals surface area contributed by atoms with Crippen LogP contribution in [0.4, 0.5) is 17.6 Å². The quantitative estimate of drug-likeness (QED) is 0.583. The van der Waals surface area contributed by atoms with Gasteiger partial charge in [-0.1, -0.05) is 24.6 Å². The first kappa shape index (κ1) is 20.4. The van der Waals surface area contributed by atoms with Crippen molar-refractivity contribution in [3.05, 3.63) is 47.1 Å². The summed E-state index contributed by atoms with van der Waals surface area (Å²) in [7, 11) is 0. The van der Waals surface area contributed by atoms with E-state index in [1.165, 1.54) is 0 Å². The SMILES string of the molecule is C[C@H]1Cc2cc(OC/C=C/C(F)(F)F)ccc2C=C1CN1CC(F)(C(=O)O)C1. The topological polar surface area (TPSA) is 49.8 Å². The molecule has 1 heterocycles. The lowest BCUT2D eigenvalue weighted by Gasteiger charge is -2.42. The number of hydrogen-bond donors (Lipinski definition) is 1. The molecule has 0 spiro atoms. The third-order valence-corrected chi connectivity index (χ3v) is 5.01. The Labute approximate surface area is 160 Å². The van der Waals surface area contributed by atoms with E-state index in [2.05, 4.69) is 0 Å². The minimum atomic E-state index is -4.35. The molecule has 1 aromatic rings. The van der Waals surface area contributed by atoms with Gasteiger partial charge in [0.25, 0.3) is 0 Å². The van der Waals surface area contributed by atoms with Crippen molar-refractivity contribution >= 4 is 12.0 Å². The predicted octanol–water partition coefficient (Wildman–Crippen LogP) is 3.87. The van der Waals surface area contributed by atoms with E-state index in [0.717, 1.165) is 29.2 Å². The fourth-order valence-corrected chi connectivity index (χ4v) is 3.49. The number of ether oxygens (including phenoxy) is 1. The normalized spacial score (nSPS) is 21.8. The smallest absolute Gasteiger partial charge is 0.409 e. The number of fused-ring (bicyclic) bond motifs is 1. The number of nitrogens with zero attached hydrogens (tertiary/aromatic N) is 1. The summed E-state index contributed by atoms with van der Waals surface area (Å²) in [5.41, 5.74) is 0.962. The number of aliphatic carboxylic acids is 1. The van der Waals surface area contributed by atoms with Gasteiger partial charge in [0.15, 0.2) is 0 Å². The molecule has 0 bridgehead atoms. The molecule has 1 aliphatic heterocycles. The Morgan fingerprint density at radius 2 is 2.11 bits per heavy atom. The molecule has 0 aromatic heterocycles. The molecule has 8 heteroatoms. The van der Waals surface area contributed by atoms with E-state index in [1.807, 2.05) is 25.1 Å². The maximum Gasteiger partial charge on any atom is 0.409 e. The first-order chi connectivity index (χ1) is 13.1. The van der Waals surface area contributed by atoms with Crippen LogP contribution in [0, 0.1) is 5.92 Å². The number of benzene rings is 1. The molecule has 152 valence electrons. The van der Waals surface area contributed by atoms with E-state index in [9.17, 15) is 22.4 Å². The van der Waals surface area contributed by atoms with Crippen LogP contribution < -0.4 is 4.74 Å². The van der Waals surface area contributed by atoms with Gasteiger partial charge < -0.3 is 9.84 Å². The highest BCUT2D eigenvalue weighted by atomic mass is 19.4. The van der Waals surface area contributed by atoms with Gasteiger partial charge in [-0.2, -0.15) is 13.2 Å². The second-order valence-corrected chi connectivity index (χ2v) is 7.36. The monoisotopic (exact) mass is 399 g/mol. The van der Waals surface area contributed by atoms with Gasteiger partial charge in [-0.15, -0.1) is 0 Å². The van der Waals surface area contributed by atoms with Crippen LogP contribution in [-0.2, 0) is 11.2 Å². The third kappa shape index (κ3) is 4.73. The summed E-state index contributed by atoms with van der Waals surface area (Å²) < 4.78 is 55.5. The summed E-state index contributed by atoms with van der Waals surface area (Å²) >= 11 is 0. The van der Waals surface area contributed by atoms with Crippen LogP contribution in [0.3, 0.4) is 0 Å². The minimum Gasteiger partial charge on any atom is -0.490 e. The molecule has 0 saturated carbocycles. The number of allylic oxidation sites excluding steroid dienone is 1. The predicted molar refractivity (Wildman–Crippen MR) is 95.9 cm³/mol. The van der Waals surface area contributed by atoms with Gasteiger partial charge in [-0.05, 0) is 41.7 Å². The van der Waals surface area contributed by atoms with Crippen LogP contribution in [0.5, 0.6) is 5.75 Å². The van der Waals surface area contributed by atoms with E-state index >= 15 is 0 Å². The summed E-state index contributed by atoms with van der Waals surface area (Å²) in [5.74, 6) is -0.731. The first-order valence-corrected chi connectivity index (χ1v) is 8.91. The fraction of sp³-hybridized carbons (Fsp3) is 0.450. The Morgan fingerprint density at radius 1 is 1.39 bits per heavy atom. The van der Waals surface area contributed by atoms with Crippen molar-refractivity contribution in [2.24, 2.45) is 5.92 Å². The van der Waals surface area contributed by atoms with Crippen LogP contribution in [-0.4, -0.2) is 54.1 Å². The van der Waals surface area contributed by atoms with Crippen molar-refractivity contribution in [1.29, 1.82) is 0 Å². The summed E-state index contributed by atoms with van der Waals surface area (Å²) in [4.78, 5) is 12.6. The summed E-state index contributed by atoms with van der Waals surface area (Å²) in [6.07, 6.45) is -0.539. The van der Waals surface area contributed by atoms with Crippen LogP contribution >= 0.6 is 0 Å². The fourth-order valence-electron chi connectivity index (χ4n) is 3.49. The highest BCUT2D eigenvalue weighted by Gasteiger charge is 2.50. The average molecular weight is 399 g/mol. The van der Waals surface area contributed by atoms with Crippen LogP contribution in [0.25, 0.3) is 6.08 Å². The van der Waals surface area contributed by atoms with Gasteiger partial charge in [0.05, 0.1) is 0 Å². The largest absolute Gasteiger partial charge is 0.490 e. The van der Waals surface area contributed by atoms with Gasteiger partial charge in [0, 0.05) is 25.7 Å². The number of carbonyl (C=O) groups is 1. The zero-order chi connectivity index (χ0) is 20.5. The molecule has 0 amide bonds. The number of rotatable bonds is 6. The maximum absolute atomic E-state index is 13.9. The van der Waals surface area contributed by atoms with E-state index < -0.39 is 17.8 Å². The molecule has 1 fully saturated rings. The van der Waals surface area contributed by atoms with E-state index in [-0.39, 0.29) is 31.7 Å². The van der Waals surface area contributed by atoms with Crippen molar-refractivity contribution in [3.63, 3.8) is 0 Å². The molecule has 1 atom stereocenters. The Bertz CT molecular complexity index is 810. The van der Waals surface area contributed by atoms with Gasteiger partial charge in [0.1, 0.15) is 12.4 Å². The number of carboxylic acids is 1. The lowest BCUT2D eigenvalue weighted by Crippen LogP contribution is -2.63. The molecule has 1 aromatic carbocycles. The molecule has 28 heavy (non-hydrogen) atoms. The first-order valence-electron chi connectivity index (χ1n) is 8.91.